The molecule has 1 amide bonds. The molecule has 0 radical (unpaired) electrons. The van der Waals surface area contributed by atoms with Crippen molar-refractivity contribution in [1.29, 1.82) is 0 Å². The maximum absolute atomic E-state index is 12.8. The van der Waals surface area contributed by atoms with E-state index >= 15 is 0 Å². The number of halogens is 3. The van der Waals surface area contributed by atoms with E-state index in [2.05, 4.69) is 0 Å². The van der Waals surface area contributed by atoms with Gasteiger partial charge in [-0.15, -0.1) is 0 Å². The lowest BCUT2D eigenvalue weighted by atomic mass is 9.98. The molecule has 4 nitrogen and oxygen atoms in total. The number of nitrogens with zero attached hydrogens (tertiary/aromatic N) is 1. The number of hydrogen-bond donors (Lipinski definition) is 2. The van der Waals surface area contributed by atoms with Gasteiger partial charge < -0.3 is 15.7 Å². The Hall–Kier alpha value is -1.76. The first-order chi connectivity index (χ1) is 9.82. The van der Waals surface area contributed by atoms with Crippen molar-refractivity contribution in [3.63, 3.8) is 0 Å². The molecule has 116 valence electrons. The van der Waals surface area contributed by atoms with Gasteiger partial charge in [0.15, 0.2) is 0 Å². The largest absolute Gasteiger partial charge is 0.418 e. The second-order valence-electron chi connectivity index (χ2n) is 5.24. The number of carbonyl (C=O) groups excluding carboxylic acids is 1. The molecule has 1 saturated heterocycles. The minimum Gasteiger partial charge on any atom is -0.398 e. The molecule has 1 aromatic rings. The van der Waals surface area contributed by atoms with E-state index in [0.717, 1.165) is 25.0 Å². The third kappa shape index (κ3) is 3.47. The summed E-state index contributed by atoms with van der Waals surface area (Å²) in [5.74, 6) is -0.475. The molecule has 1 aliphatic heterocycles. The van der Waals surface area contributed by atoms with Crippen molar-refractivity contribution in [1.82, 2.24) is 4.90 Å². The van der Waals surface area contributed by atoms with Crippen molar-refractivity contribution < 1.29 is 23.1 Å². The molecule has 0 aliphatic carbocycles. The molecule has 21 heavy (non-hydrogen) atoms. The van der Waals surface area contributed by atoms with Crippen LogP contribution in [-0.2, 0) is 6.18 Å². The zero-order valence-corrected chi connectivity index (χ0v) is 11.4. The maximum Gasteiger partial charge on any atom is 0.418 e. The first kappa shape index (κ1) is 15.6. The van der Waals surface area contributed by atoms with E-state index < -0.39 is 23.3 Å². The third-order valence-corrected chi connectivity index (χ3v) is 3.67. The number of rotatable bonds is 2. The predicted octanol–water partition coefficient (Wildman–Crippen LogP) is 2.13. The van der Waals surface area contributed by atoms with Gasteiger partial charge in [-0.2, -0.15) is 13.2 Å². The molecule has 1 aromatic carbocycles. The normalized spacial score (nSPS) is 19.6. The lowest BCUT2D eigenvalue weighted by Crippen LogP contribution is -2.41. The van der Waals surface area contributed by atoms with E-state index in [1.165, 1.54) is 11.0 Å². The summed E-state index contributed by atoms with van der Waals surface area (Å²) in [6.07, 6.45) is -3.04. The Morgan fingerprint density at radius 1 is 1.43 bits per heavy atom. The van der Waals surface area contributed by atoms with Crippen LogP contribution in [0.4, 0.5) is 18.9 Å². The van der Waals surface area contributed by atoms with Crippen molar-refractivity contribution in [3.8, 4) is 0 Å². The lowest BCUT2D eigenvalue weighted by Gasteiger charge is -2.32. The first-order valence-electron chi connectivity index (χ1n) is 6.69. The summed E-state index contributed by atoms with van der Waals surface area (Å²) in [4.78, 5) is 13.8. The summed E-state index contributed by atoms with van der Waals surface area (Å²) in [7, 11) is 0. The fourth-order valence-corrected chi connectivity index (χ4v) is 2.52. The highest BCUT2D eigenvalue weighted by molar-refractivity contribution is 5.95. The Morgan fingerprint density at radius 3 is 2.76 bits per heavy atom. The number of likely N-dealkylation sites (tertiary alicyclic amines) is 1. The smallest absolute Gasteiger partial charge is 0.398 e. The number of aliphatic hydroxyl groups excluding tert-OH is 1. The summed E-state index contributed by atoms with van der Waals surface area (Å²) in [6, 6.07) is 3.19. The minimum atomic E-state index is -4.59. The average Bonchev–Trinajstić information content (AvgIpc) is 2.46. The molecule has 1 unspecified atom stereocenters. The highest BCUT2D eigenvalue weighted by Crippen LogP contribution is 2.34. The number of nitrogen functional groups attached to an aromatic ring is 1. The van der Waals surface area contributed by atoms with Gasteiger partial charge in [-0.1, -0.05) is 0 Å². The lowest BCUT2D eigenvalue weighted by molar-refractivity contribution is -0.136. The number of nitrogens with two attached hydrogens (primary N) is 1. The second kappa shape index (κ2) is 5.93. The third-order valence-electron chi connectivity index (χ3n) is 3.67. The summed E-state index contributed by atoms with van der Waals surface area (Å²) in [5, 5.41) is 9.15. The molecular weight excluding hydrogens is 285 g/mol. The summed E-state index contributed by atoms with van der Waals surface area (Å²) in [5.41, 5.74) is 3.89. The van der Waals surface area contributed by atoms with E-state index in [9.17, 15) is 18.0 Å². The molecule has 0 aromatic heterocycles. The molecular formula is C14H17F3N2O2. The van der Waals surface area contributed by atoms with Gasteiger partial charge in [0.05, 0.1) is 5.56 Å². The van der Waals surface area contributed by atoms with E-state index in [1.807, 2.05) is 0 Å². The number of piperidine rings is 1. The number of aliphatic hydroxyl groups is 1. The van der Waals surface area contributed by atoms with Gasteiger partial charge in [-0.25, -0.2) is 0 Å². The molecule has 1 heterocycles. The molecule has 1 aliphatic rings. The second-order valence-corrected chi connectivity index (χ2v) is 5.24. The Kier molecular flexibility index (Phi) is 4.41. The standard InChI is InChI=1S/C14H17F3N2O2/c15-14(16,17)11-6-10(3-4-12(11)18)13(21)19-5-1-2-9(7-19)8-20/h3-4,6,9,20H,1-2,5,7-8,18H2. The van der Waals surface area contributed by atoms with Crippen molar-refractivity contribution in [2.45, 2.75) is 19.0 Å². The quantitative estimate of drug-likeness (QED) is 0.823. The zero-order chi connectivity index (χ0) is 15.6. The summed E-state index contributed by atoms with van der Waals surface area (Å²) < 4.78 is 38.4. The highest BCUT2D eigenvalue weighted by Gasteiger charge is 2.34. The SMILES string of the molecule is Nc1ccc(C(=O)N2CCCC(CO)C2)cc1C(F)(F)F. The van der Waals surface area contributed by atoms with Gasteiger partial charge in [0.1, 0.15) is 0 Å². The van der Waals surface area contributed by atoms with Crippen molar-refractivity contribution >= 4 is 11.6 Å². The van der Waals surface area contributed by atoms with Gasteiger partial charge in [0.25, 0.3) is 5.91 Å². The molecule has 0 saturated carbocycles. The van der Waals surface area contributed by atoms with E-state index in [-0.39, 0.29) is 18.1 Å². The zero-order valence-electron chi connectivity index (χ0n) is 11.4. The fraction of sp³-hybridized carbons (Fsp3) is 0.500. The fourth-order valence-electron chi connectivity index (χ4n) is 2.52. The minimum absolute atomic E-state index is 0.0152. The topological polar surface area (TPSA) is 66.6 Å². The van der Waals surface area contributed by atoms with Crippen LogP contribution in [0.25, 0.3) is 0 Å². The van der Waals surface area contributed by atoms with Crippen LogP contribution in [0.5, 0.6) is 0 Å². The van der Waals surface area contributed by atoms with Crippen LogP contribution in [0.15, 0.2) is 18.2 Å². The van der Waals surface area contributed by atoms with Crippen LogP contribution in [0.3, 0.4) is 0 Å². The van der Waals surface area contributed by atoms with E-state index in [0.29, 0.717) is 13.1 Å². The van der Waals surface area contributed by atoms with Crippen LogP contribution in [0.1, 0.15) is 28.8 Å². The molecule has 7 heteroatoms. The van der Waals surface area contributed by atoms with Gasteiger partial charge in [0.2, 0.25) is 0 Å². The van der Waals surface area contributed by atoms with E-state index in [4.69, 9.17) is 10.8 Å². The van der Waals surface area contributed by atoms with Crippen LogP contribution in [-0.4, -0.2) is 35.6 Å². The van der Waals surface area contributed by atoms with Gasteiger partial charge in [-0.3, -0.25) is 4.79 Å². The Morgan fingerprint density at radius 2 is 2.14 bits per heavy atom. The molecule has 1 atom stereocenters. The summed E-state index contributed by atoms with van der Waals surface area (Å²) in [6.45, 7) is 0.821. The molecule has 0 bridgehead atoms. The van der Waals surface area contributed by atoms with Crippen LogP contribution in [0.2, 0.25) is 0 Å². The molecule has 0 spiro atoms. The van der Waals surface area contributed by atoms with Crippen molar-refractivity contribution in [2.24, 2.45) is 5.92 Å². The number of anilines is 1. The monoisotopic (exact) mass is 302 g/mol. The Labute approximate surface area is 120 Å². The predicted molar refractivity (Wildman–Crippen MR) is 71.6 cm³/mol. The number of carbonyl (C=O) groups is 1. The van der Waals surface area contributed by atoms with Crippen LogP contribution in [0, 0.1) is 5.92 Å². The van der Waals surface area contributed by atoms with Crippen LogP contribution < -0.4 is 5.73 Å². The molecule has 1 fully saturated rings. The highest BCUT2D eigenvalue weighted by atomic mass is 19.4. The van der Waals surface area contributed by atoms with E-state index in [1.54, 1.807) is 0 Å². The Bertz CT molecular complexity index is 531. The number of benzene rings is 1. The summed E-state index contributed by atoms with van der Waals surface area (Å²) >= 11 is 0. The maximum atomic E-state index is 12.8. The molecule has 3 N–H and O–H groups in total. The van der Waals surface area contributed by atoms with Crippen LogP contribution >= 0.6 is 0 Å². The van der Waals surface area contributed by atoms with Gasteiger partial charge >= 0.3 is 6.18 Å². The number of alkyl halides is 3. The Balaban J connectivity index is 2.23. The molecule has 2 rings (SSSR count). The van der Waals surface area contributed by atoms with Crippen molar-refractivity contribution in [3.05, 3.63) is 29.3 Å². The average molecular weight is 302 g/mol. The van der Waals surface area contributed by atoms with Gasteiger partial charge in [-0.05, 0) is 37.0 Å². The number of amides is 1. The van der Waals surface area contributed by atoms with Gasteiger partial charge in [0, 0.05) is 30.9 Å². The van der Waals surface area contributed by atoms with Crippen molar-refractivity contribution in [2.75, 3.05) is 25.4 Å². The first-order valence-corrected chi connectivity index (χ1v) is 6.69. The number of hydrogen-bond acceptors (Lipinski definition) is 3.